The third kappa shape index (κ3) is 3.67. The second kappa shape index (κ2) is 7.68. The van der Waals surface area contributed by atoms with Crippen LogP contribution in [0.3, 0.4) is 0 Å². The first-order valence-corrected chi connectivity index (χ1v) is 9.07. The van der Waals surface area contributed by atoms with Gasteiger partial charge in [0.2, 0.25) is 5.91 Å². The monoisotopic (exact) mass is 343 g/mol. The highest BCUT2D eigenvalue weighted by Crippen LogP contribution is 2.25. The summed E-state index contributed by atoms with van der Waals surface area (Å²) in [7, 11) is 0. The largest absolute Gasteiger partial charge is 0.341 e. The van der Waals surface area contributed by atoms with Crippen molar-refractivity contribution in [2.45, 2.75) is 45.1 Å². The van der Waals surface area contributed by atoms with E-state index in [-0.39, 0.29) is 18.4 Å². The van der Waals surface area contributed by atoms with E-state index in [9.17, 15) is 14.4 Å². The summed E-state index contributed by atoms with van der Waals surface area (Å²) in [5.74, 6) is -0.444. The summed E-state index contributed by atoms with van der Waals surface area (Å²) in [6, 6.07) is 8.11. The van der Waals surface area contributed by atoms with Crippen LogP contribution in [0.15, 0.2) is 30.3 Å². The van der Waals surface area contributed by atoms with Crippen LogP contribution in [0.2, 0.25) is 0 Å². The molecule has 0 N–H and O–H groups in total. The summed E-state index contributed by atoms with van der Waals surface area (Å²) in [5, 5.41) is 0. The minimum atomic E-state index is -0.588. The van der Waals surface area contributed by atoms with Crippen LogP contribution in [0, 0.1) is 0 Å². The van der Waals surface area contributed by atoms with E-state index in [2.05, 4.69) is 0 Å². The molecule has 2 aliphatic rings. The van der Waals surface area contributed by atoms with Gasteiger partial charge in [-0.3, -0.25) is 19.4 Å². The molecule has 25 heavy (non-hydrogen) atoms. The summed E-state index contributed by atoms with van der Waals surface area (Å²) in [6.45, 7) is 2.97. The standard InChI is InChI=1S/C19H25N3O3/c1-15-18(24)21(19(25)22(15)16-10-6-5-7-11-16)14-17(23)20-12-8-3-2-4-9-13-20/h5-7,10-11,15H,2-4,8-9,12-14H2,1H3. The van der Waals surface area contributed by atoms with Gasteiger partial charge >= 0.3 is 6.03 Å². The Morgan fingerprint density at radius 2 is 1.60 bits per heavy atom. The van der Waals surface area contributed by atoms with E-state index in [4.69, 9.17) is 0 Å². The second-order valence-corrected chi connectivity index (χ2v) is 6.74. The minimum absolute atomic E-state index is 0.134. The van der Waals surface area contributed by atoms with Gasteiger partial charge in [0.15, 0.2) is 0 Å². The van der Waals surface area contributed by atoms with Crippen molar-refractivity contribution in [2.75, 3.05) is 24.5 Å². The first kappa shape index (κ1) is 17.5. The Morgan fingerprint density at radius 3 is 2.24 bits per heavy atom. The van der Waals surface area contributed by atoms with E-state index in [1.165, 1.54) is 11.3 Å². The van der Waals surface area contributed by atoms with Gasteiger partial charge in [-0.2, -0.15) is 0 Å². The third-order valence-electron chi connectivity index (χ3n) is 4.98. The lowest BCUT2D eigenvalue weighted by molar-refractivity contribution is -0.137. The maximum Gasteiger partial charge on any atom is 0.332 e. The van der Waals surface area contributed by atoms with Crippen molar-refractivity contribution in [1.29, 1.82) is 0 Å². The SMILES string of the molecule is CC1C(=O)N(CC(=O)N2CCCCCCC2)C(=O)N1c1ccccc1. The molecule has 0 spiro atoms. The van der Waals surface area contributed by atoms with Gasteiger partial charge < -0.3 is 4.90 Å². The zero-order valence-corrected chi connectivity index (χ0v) is 14.7. The molecule has 1 unspecified atom stereocenters. The number of anilines is 1. The average Bonchev–Trinajstić information content (AvgIpc) is 2.79. The molecule has 0 saturated carbocycles. The fraction of sp³-hybridized carbons (Fsp3) is 0.526. The van der Waals surface area contributed by atoms with E-state index in [0.29, 0.717) is 18.8 Å². The van der Waals surface area contributed by atoms with Crippen molar-refractivity contribution >= 4 is 23.5 Å². The van der Waals surface area contributed by atoms with Crippen LogP contribution in [0.4, 0.5) is 10.5 Å². The average molecular weight is 343 g/mol. The zero-order chi connectivity index (χ0) is 17.8. The lowest BCUT2D eigenvalue weighted by atomic mass is 10.1. The molecule has 6 heteroatoms. The Morgan fingerprint density at radius 1 is 1.00 bits per heavy atom. The first-order chi connectivity index (χ1) is 12.1. The van der Waals surface area contributed by atoms with Crippen LogP contribution in [0.1, 0.15) is 39.0 Å². The normalized spacial score (nSPS) is 22.1. The van der Waals surface area contributed by atoms with Crippen molar-refractivity contribution in [1.82, 2.24) is 9.80 Å². The quantitative estimate of drug-likeness (QED) is 0.793. The number of carbonyl (C=O) groups excluding carboxylic acids is 3. The van der Waals surface area contributed by atoms with E-state index in [0.717, 1.165) is 30.6 Å². The van der Waals surface area contributed by atoms with Gasteiger partial charge in [0.1, 0.15) is 12.6 Å². The molecule has 2 heterocycles. The fourth-order valence-electron chi connectivity index (χ4n) is 3.53. The molecule has 1 atom stereocenters. The van der Waals surface area contributed by atoms with Gasteiger partial charge in [0.25, 0.3) is 5.91 Å². The van der Waals surface area contributed by atoms with Crippen molar-refractivity contribution in [3.05, 3.63) is 30.3 Å². The molecule has 0 aromatic heterocycles. The van der Waals surface area contributed by atoms with E-state index >= 15 is 0 Å². The van der Waals surface area contributed by atoms with Gasteiger partial charge in [0, 0.05) is 18.8 Å². The lowest BCUT2D eigenvalue weighted by Gasteiger charge is -2.26. The van der Waals surface area contributed by atoms with Crippen LogP contribution in [0.5, 0.6) is 0 Å². The highest BCUT2D eigenvalue weighted by molar-refractivity contribution is 6.15. The molecule has 134 valence electrons. The van der Waals surface area contributed by atoms with Crippen LogP contribution >= 0.6 is 0 Å². The Kier molecular flexibility index (Phi) is 5.36. The summed E-state index contributed by atoms with van der Waals surface area (Å²) >= 11 is 0. The van der Waals surface area contributed by atoms with Crippen molar-refractivity contribution < 1.29 is 14.4 Å². The summed E-state index contributed by atoms with van der Waals surface area (Å²) in [6.07, 6.45) is 5.45. The molecule has 4 amide bonds. The molecule has 2 aliphatic heterocycles. The van der Waals surface area contributed by atoms with Crippen molar-refractivity contribution in [2.24, 2.45) is 0 Å². The Labute approximate surface area is 148 Å². The predicted molar refractivity (Wildman–Crippen MR) is 95.2 cm³/mol. The van der Waals surface area contributed by atoms with E-state index in [1.54, 1.807) is 24.0 Å². The number of hydrogen-bond acceptors (Lipinski definition) is 3. The number of nitrogens with zero attached hydrogens (tertiary/aromatic N) is 3. The molecule has 0 radical (unpaired) electrons. The number of likely N-dealkylation sites (tertiary alicyclic amines) is 1. The van der Waals surface area contributed by atoms with Crippen LogP contribution in [-0.2, 0) is 9.59 Å². The molecule has 1 aromatic rings. The fourth-order valence-corrected chi connectivity index (χ4v) is 3.53. The molecule has 0 bridgehead atoms. The van der Waals surface area contributed by atoms with Crippen LogP contribution in [-0.4, -0.2) is 53.3 Å². The smallest absolute Gasteiger partial charge is 0.332 e. The summed E-state index contributed by atoms with van der Waals surface area (Å²) in [4.78, 5) is 42.2. The molecule has 6 nitrogen and oxygen atoms in total. The number of carbonyl (C=O) groups is 3. The van der Waals surface area contributed by atoms with Crippen molar-refractivity contribution in [3.8, 4) is 0 Å². The van der Waals surface area contributed by atoms with Gasteiger partial charge in [0.05, 0.1) is 0 Å². The van der Waals surface area contributed by atoms with Gasteiger partial charge in [-0.1, -0.05) is 37.5 Å². The lowest BCUT2D eigenvalue weighted by Crippen LogP contribution is -2.44. The highest BCUT2D eigenvalue weighted by atomic mass is 16.2. The molecule has 1 aromatic carbocycles. The van der Waals surface area contributed by atoms with Gasteiger partial charge in [-0.05, 0) is 31.9 Å². The Hall–Kier alpha value is -2.37. The molecule has 0 aliphatic carbocycles. The molecular formula is C19H25N3O3. The van der Waals surface area contributed by atoms with Crippen LogP contribution in [0.25, 0.3) is 0 Å². The number of imide groups is 1. The Bertz CT molecular complexity index is 639. The number of hydrogen-bond donors (Lipinski definition) is 0. The third-order valence-corrected chi connectivity index (χ3v) is 4.98. The number of amides is 4. The molecular weight excluding hydrogens is 318 g/mol. The van der Waals surface area contributed by atoms with Gasteiger partial charge in [-0.25, -0.2) is 4.79 Å². The number of rotatable bonds is 3. The molecule has 3 rings (SSSR count). The predicted octanol–water partition coefficient (Wildman–Crippen LogP) is 2.64. The van der Waals surface area contributed by atoms with Crippen LogP contribution < -0.4 is 4.90 Å². The Balaban J connectivity index is 1.70. The van der Waals surface area contributed by atoms with Crippen molar-refractivity contribution in [3.63, 3.8) is 0 Å². The molecule has 2 saturated heterocycles. The van der Waals surface area contributed by atoms with E-state index < -0.39 is 12.1 Å². The topological polar surface area (TPSA) is 60.9 Å². The first-order valence-electron chi connectivity index (χ1n) is 9.07. The van der Waals surface area contributed by atoms with Gasteiger partial charge in [-0.15, -0.1) is 0 Å². The maximum absolute atomic E-state index is 12.7. The summed E-state index contributed by atoms with van der Waals surface area (Å²) in [5.41, 5.74) is 0.676. The highest BCUT2D eigenvalue weighted by Gasteiger charge is 2.44. The number of para-hydroxylation sites is 1. The number of benzene rings is 1. The second-order valence-electron chi connectivity index (χ2n) is 6.74. The zero-order valence-electron chi connectivity index (χ0n) is 14.7. The van der Waals surface area contributed by atoms with E-state index in [1.807, 2.05) is 18.2 Å². The maximum atomic E-state index is 12.7. The summed E-state index contributed by atoms with van der Waals surface area (Å²) < 4.78 is 0. The number of urea groups is 1. The minimum Gasteiger partial charge on any atom is -0.341 e. The molecule has 2 fully saturated rings.